The largest absolute Gasteiger partial charge is 0.463 e. The zero-order valence-electron chi connectivity index (χ0n) is 7.91. The summed E-state index contributed by atoms with van der Waals surface area (Å²) in [6.45, 7) is 2.53. The van der Waals surface area contributed by atoms with E-state index in [2.05, 4.69) is 4.74 Å². The summed E-state index contributed by atoms with van der Waals surface area (Å²) in [4.78, 5) is 10.0. The smallest absolute Gasteiger partial charge is 0.293 e. The number of amidine groups is 1. The van der Waals surface area contributed by atoms with Gasteiger partial charge in [-0.1, -0.05) is 12.1 Å². The molecule has 0 aliphatic heterocycles. The maximum absolute atomic E-state index is 10.0. The zero-order chi connectivity index (χ0) is 10.6. The minimum absolute atomic E-state index is 0.0114. The molecule has 0 fully saturated rings. The second kappa shape index (κ2) is 4.41. The van der Waals surface area contributed by atoms with Crippen molar-refractivity contribution < 1.29 is 9.53 Å². The van der Waals surface area contributed by atoms with Gasteiger partial charge in [0.15, 0.2) is 0 Å². The summed E-state index contributed by atoms with van der Waals surface area (Å²) >= 11 is 0. The number of hydrogen-bond donors (Lipinski definition) is 2. The molecule has 14 heavy (non-hydrogen) atoms. The summed E-state index contributed by atoms with van der Waals surface area (Å²) in [6, 6.07) is 5.36. The lowest BCUT2D eigenvalue weighted by Crippen LogP contribution is -2.11. The number of nitrogen functional groups attached to an aromatic ring is 1. The highest BCUT2D eigenvalue weighted by Crippen LogP contribution is 2.11. The van der Waals surface area contributed by atoms with Crippen molar-refractivity contribution in [2.24, 2.45) is 5.73 Å². The van der Waals surface area contributed by atoms with Crippen molar-refractivity contribution in [1.82, 2.24) is 0 Å². The Bertz CT molecular complexity index is 361. The molecule has 74 valence electrons. The number of nitrogens with one attached hydrogen (secondary N) is 1. The van der Waals surface area contributed by atoms with Gasteiger partial charge in [-0.3, -0.25) is 10.2 Å². The number of benzene rings is 1. The molecule has 0 aliphatic carbocycles. The van der Waals surface area contributed by atoms with Gasteiger partial charge in [0.25, 0.3) is 6.47 Å². The second-order valence-electron chi connectivity index (χ2n) is 2.96. The van der Waals surface area contributed by atoms with E-state index in [0.29, 0.717) is 12.0 Å². The van der Waals surface area contributed by atoms with Crippen LogP contribution in [0.2, 0.25) is 0 Å². The summed E-state index contributed by atoms with van der Waals surface area (Å²) in [5, 5.41) is 7.25. The number of nitrogens with two attached hydrogens (primary N) is 1. The molecule has 4 heteroatoms. The van der Waals surface area contributed by atoms with Gasteiger partial charge >= 0.3 is 0 Å². The molecule has 0 spiro atoms. The van der Waals surface area contributed by atoms with Crippen molar-refractivity contribution in [2.75, 3.05) is 0 Å². The summed E-state index contributed by atoms with van der Waals surface area (Å²) in [6.07, 6.45) is 0. The molecule has 0 bridgehead atoms. The van der Waals surface area contributed by atoms with E-state index in [1.807, 2.05) is 13.0 Å². The maximum atomic E-state index is 10.0. The van der Waals surface area contributed by atoms with Crippen LogP contribution in [0.4, 0.5) is 0 Å². The maximum Gasteiger partial charge on any atom is 0.293 e. The summed E-state index contributed by atoms with van der Waals surface area (Å²) < 4.78 is 4.64. The Labute approximate surface area is 82.2 Å². The predicted octanol–water partition coefficient (Wildman–Crippen LogP) is 0.952. The molecule has 0 saturated carbocycles. The molecule has 1 aromatic rings. The van der Waals surface area contributed by atoms with Gasteiger partial charge in [-0.25, -0.2) is 0 Å². The van der Waals surface area contributed by atoms with Gasteiger partial charge < -0.3 is 10.5 Å². The topological polar surface area (TPSA) is 76.2 Å². The first-order chi connectivity index (χ1) is 6.65. The third kappa shape index (κ3) is 2.32. The van der Waals surface area contributed by atoms with Crippen molar-refractivity contribution in [3.63, 3.8) is 0 Å². The lowest BCUT2D eigenvalue weighted by molar-refractivity contribution is -0.129. The molecule has 1 aromatic carbocycles. The molecular weight excluding hydrogens is 180 g/mol. The van der Waals surface area contributed by atoms with E-state index >= 15 is 0 Å². The van der Waals surface area contributed by atoms with Crippen molar-refractivity contribution >= 4 is 12.3 Å². The Morgan fingerprint density at radius 3 is 2.93 bits per heavy atom. The van der Waals surface area contributed by atoms with Gasteiger partial charge in [0, 0.05) is 5.56 Å². The standard InChI is InChI=1S/C10H12N2O2/c1-7-2-3-8(10(11)12)4-9(7)5-14-6-13/h2-4,6H,5H2,1H3,(H3,11,12). The van der Waals surface area contributed by atoms with Crippen molar-refractivity contribution in [1.29, 1.82) is 5.41 Å². The SMILES string of the molecule is Cc1ccc(C(=N)N)cc1COC=O. The zero-order valence-corrected chi connectivity index (χ0v) is 7.91. The molecule has 0 unspecified atom stereocenters. The van der Waals surface area contributed by atoms with Gasteiger partial charge in [0.05, 0.1) is 0 Å². The Morgan fingerprint density at radius 2 is 2.36 bits per heavy atom. The average Bonchev–Trinajstić information content (AvgIpc) is 2.16. The normalized spacial score (nSPS) is 9.50. The number of carbonyl (C=O) groups is 1. The van der Waals surface area contributed by atoms with Gasteiger partial charge in [0.2, 0.25) is 0 Å². The Hall–Kier alpha value is -1.84. The molecule has 0 saturated heterocycles. The van der Waals surface area contributed by atoms with Crippen LogP contribution in [-0.4, -0.2) is 12.3 Å². The molecule has 1 rings (SSSR count). The highest BCUT2D eigenvalue weighted by molar-refractivity contribution is 5.95. The first-order valence-electron chi connectivity index (χ1n) is 4.14. The van der Waals surface area contributed by atoms with Crippen LogP contribution in [0.1, 0.15) is 16.7 Å². The number of hydrogen-bond acceptors (Lipinski definition) is 3. The molecule has 0 radical (unpaired) electrons. The third-order valence-corrected chi connectivity index (χ3v) is 1.97. The van der Waals surface area contributed by atoms with E-state index in [0.717, 1.165) is 11.1 Å². The molecule has 0 atom stereocenters. The first-order valence-corrected chi connectivity index (χ1v) is 4.14. The van der Waals surface area contributed by atoms with Crippen LogP contribution in [0.5, 0.6) is 0 Å². The summed E-state index contributed by atoms with van der Waals surface area (Å²) in [7, 11) is 0. The lowest BCUT2D eigenvalue weighted by Gasteiger charge is -2.06. The number of rotatable bonds is 4. The first kappa shape index (κ1) is 10.2. The average molecular weight is 192 g/mol. The van der Waals surface area contributed by atoms with Crippen molar-refractivity contribution in [3.8, 4) is 0 Å². The molecule has 3 N–H and O–H groups in total. The highest BCUT2D eigenvalue weighted by atomic mass is 16.5. The Balaban J connectivity index is 2.95. The van der Waals surface area contributed by atoms with E-state index < -0.39 is 0 Å². The highest BCUT2D eigenvalue weighted by Gasteiger charge is 2.02. The minimum atomic E-state index is 0.0114. The fourth-order valence-corrected chi connectivity index (χ4v) is 1.12. The monoisotopic (exact) mass is 192 g/mol. The lowest BCUT2D eigenvalue weighted by atomic mass is 10.1. The fourth-order valence-electron chi connectivity index (χ4n) is 1.12. The molecule has 0 amide bonds. The van der Waals surface area contributed by atoms with Crippen LogP contribution in [0.3, 0.4) is 0 Å². The molecule has 0 aliphatic rings. The summed E-state index contributed by atoms with van der Waals surface area (Å²) in [5.74, 6) is 0.0114. The fraction of sp³-hybridized carbons (Fsp3) is 0.200. The molecule has 4 nitrogen and oxygen atoms in total. The van der Waals surface area contributed by atoms with Crippen LogP contribution in [0.15, 0.2) is 18.2 Å². The second-order valence-corrected chi connectivity index (χ2v) is 2.96. The van der Waals surface area contributed by atoms with Gasteiger partial charge in [-0.2, -0.15) is 0 Å². The molecule has 0 aromatic heterocycles. The van der Waals surface area contributed by atoms with Crippen molar-refractivity contribution in [3.05, 3.63) is 34.9 Å². The molecular formula is C10H12N2O2. The van der Waals surface area contributed by atoms with E-state index in [1.165, 1.54) is 0 Å². The number of aryl methyl sites for hydroxylation is 1. The number of carbonyl (C=O) groups excluding carboxylic acids is 1. The van der Waals surface area contributed by atoms with Gasteiger partial charge in [0.1, 0.15) is 12.4 Å². The quantitative estimate of drug-likeness (QED) is 0.423. The molecule has 0 heterocycles. The van der Waals surface area contributed by atoms with Gasteiger partial charge in [-0.15, -0.1) is 0 Å². The third-order valence-electron chi connectivity index (χ3n) is 1.97. The minimum Gasteiger partial charge on any atom is -0.463 e. The predicted molar refractivity (Wildman–Crippen MR) is 53.0 cm³/mol. The summed E-state index contributed by atoms with van der Waals surface area (Å²) in [5.41, 5.74) is 7.85. The Morgan fingerprint density at radius 1 is 1.64 bits per heavy atom. The van der Waals surface area contributed by atoms with Crippen LogP contribution in [0.25, 0.3) is 0 Å². The van der Waals surface area contributed by atoms with E-state index in [9.17, 15) is 4.79 Å². The van der Waals surface area contributed by atoms with E-state index in [-0.39, 0.29) is 12.4 Å². The van der Waals surface area contributed by atoms with E-state index in [1.54, 1.807) is 12.1 Å². The Kier molecular flexibility index (Phi) is 3.23. The van der Waals surface area contributed by atoms with E-state index in [4.69, 9.17) is 11.1 Å². The van der Waals surface area contributed by atoms with Crippen LogP contribution in [-0.2, 0) is 16.1 Å². The number of ether oxygens (including phenoxy) is 1. The van der Waals surface area contributed by atoms with Crippen LogP contribution >= 0.6 is 0 Å². The van der Waals surface area contributed by atoms with Gasteiger partial charge in [-0.05, 0) is 24.1 Å². The van der Waals surface area contributed by atoms with Crippen LogP contribution < -0.4 is 5.73 Å². The van der Waals surface area contributed by atoms with Crippen LogP contribution in [0, 0.1) is 12.3 Å². The van der Waals surface area contributed by atoms with Crippen molar-refractivity contribution in [2.45, 2.75) is 13.5 Å².